The zero-order valence-corrected chi connectivity index (χ0v) is 18.9. The van der Waals surface area contributed by atoms with Crippen molar-refractivity contribution in [3.8, 4) is 6.07 Å². The predicted octanol–water partition coefficient (Wildman–Crippen LogP) is 2.19. The van der Waals surface area contributed by atoms with E-state index < -0.39 is 56.1 Å². The molecule has 2 amide bonds. The van der Waals surface area contributed by atoms with Crippen LogP contribution >= 0.6 is 0 Å². The van der Waals surface area contributed by atoms with Gasteiger partial charge in [-0.05, 0) is 44.9 Å². The van der Waals surface area contributed by atoms with Crippen LogP contribution in [-0.4, -0.2) is 64.8 Å². The van der Waals surface area contributed by atoms with Crippen LogP contribution in [0, 0.1) is 11.3 Å². The summed E-state index contributed by atoms with van der Waals surface area (Å²) in [6, 6.07) is 3.32. The van der Waals surface area contributed by atoms with Gasteiger partial charge in [0.15, 0.2) is 0 Å². The minimum atomic E-state index is -4.99. The molecule has 2 heterocycles. The van der Waals surface area contributed by atoms with Crippen LogP contribution in [0.4, 0.5) is 18.9 Å². The maximum absolute atomic E-state index is 13.5. The van der Waals surface area contributed by atoms with E-state index in [4.69, 9.17) is 5.26 Å². The van der Waals surface area contributed by atoms with Crippen LogP contribution in [-0.2, 0) is 25.9 Å². The summed E-state index contributed by atoms with van der Waals surface area (Å²) in [6.45, 7) is 4.86. The van der Waals surface area contributed by atoms with Crippen LogP contribution in [0.1, 0.15) is 44.7 Å². The van der Waals surface area contributed by atoms with E-state index in [2.05, 4.69) is 0 Å². The van der Waals surface area contributed by atoms with E-state index in [1.807, 2.05) is 0 Å². The van der Waals surface area contributed by atoms with Crippen molar-refractivity contribution in [1.29, 1.82) is 5.26 Å². The average molecular weight is 488 g/mol. The lowest BCUT2D eigenvalue weighted by Gasteiger charge is -2.42. The van der Waals surface area contributed by atoms with E-state index in [0.29, 0.717) is 36.9 Å². The number of carbonyl (C=O) groups is 2. The van der Waals surface area contributed by atoms with E-state index in [9.17, 15) is 35.7 Å². The number of amides is 2. The summed E-state index contributed by atoms with van der Waals surface area (Å²) in [6.07, 6.45) is -4.32. The number of carbonyl (C=O) groups excluding carboxylic acids is 2. The number of anilines is 1. The van der Waals surface area contributed by atoms with Crippen molar-refractivity contribution in [3.63, 3.8) is 0 Å². The maximum Gasteiger partial charge on any atom is 0.417 e. The molecule has 1 unspecified atom stereocenters. The second-order valence-electron chi connectivity index (χ2n) is 8.56. The first kappa shape index (κ1) is 24.9. The third-order valence-electron chi connectivity index (χ3n) is 6.12. The quantitative estimate of drug-likeness (QED) is 0.647. The molecule has 2 aliphatic heterocycles. The van der Waals surface area contributed by atoms with E-state index in [1.54, 1.807) is 4.90 Å². The van der Waals surface area contributed by atoms with Gasteiger partial charge in [-0.3, -0.25) is 23.9 Å². The molecule has 180 valence electrons. The highest BCUT2D eigenvalue weighted by Crippen LogP contribution is 2.42. The fraction of sp³-hybridized carbons (Fsp3) is 0.550. The molecule has 2 aliphatic rings. The Morgan fingerprint density at radius 2 is 1.82 bits per heavy atom. The van der Waals surface area contributed by atoms with Crippen LogP contribution < -0.4 is 4.90 Å². The molecule has 13 heteroatoms. The van der Waals surface area contributed by atoms with Gasteiger partial charge in [0.05, 0.1) is 22.7 Å². The Bertz CT molecular complexity index is 1120. The SMILES string of the molecule is CC(=O)N1CCC(N2C(S(=O)(=O)O)N(c3ccc(C#N)c(C(F)(F)F)c3)C(=O)C2(C)C)CC1. The van der Waals surface area contributed by atoms with E-state index in [1.165, 1.54) is 31.7 Å². The molecule has 0 radical (unpaired) electrons. The smallest absolute Gasteiger partial charge is 0.343 e. The van der Waals surface area contributed by atoms with Crippen molar-refractivity contribution < 1.29 is 35.7 Å². The second kappa shape index (κ2) is 8.27. The Morgan fingerprint density at radius 1 is 1.24 bits per heavy atom. The normalized spacial score (nSPS) is 22.5. The van der Waals surface area contributed by atoms with Gasteiger partial charge in [0, 0.05) is 31.7 Å². The number of nitriles is 1. The first-order valence-corrected chi connectivity index (χ1v) is 11.6. The Hall–Kier alpha value is -2.69. The molecule has 2 saturated heterocycles. The largest absolute Gasteiger partial charge is 0.417 e. The molecule has 1 atom stereocenters. The number of rotatable bonds is 3. The van der Waals surface area contributed by atoms with Crippen molar-refractivity contribution in [2.24, 2.45) is 0 Å². The lowest BCUT2D eigenvalue weighted by atomic mass is 9.96. The number of likely N-dealkylation sites (tertiary alicyclic amines) is 1. The number of alkyl halides is 3. The van der Waals surface area contributed by atoms with Crippen molar-refractivity contribution in [2.75, 3.05) is 18.0 Å². The monoisotopic (exact) mass is 488 g/mol. The highest BCUT2D eigenvalue weighted by Gasteiger charge is 2.59. The molecule has 0 saturated carbocycles. The van der Waals surface area contributed by atoms with Gasteiger partial charge in [0.2, 0.25) is 17.3 Å². The molecule has 1 aromatic rings. The second-order valence-corrected chi connectivity index (χ2v) is 10.0. The number of halogens is 3. The molecule has 0 aliphatic carbocycles. The van der Waals surface area contributed by atoms with Crippen LogP contribution in [0.3, 0.4) is 0 Å². The molecule has 33 heavy (non-hydrogen) atoms. The van der Waals surface area contributed by atoms with Gasteiger partial charge in [-0.25, -0.2) is 0 Å². The summed E-state index contributed by atoms with van der Waals surface area (Å²) in [7, 11) is -4.99. The Morgan fingerprint density at radius 3 is 2.27 bits per heavy atom. The molecular weight excluding hydrogens is 465 g/mol. The summed E-state index contributed by atoms with van der Waals surface area (Å²) in [5.74, 6) is -0.979. The summed E-state index contributed by atoms with van der Waals surface area (Å²) < 4.78 is 75.5. The number of nitrogens with zero attached hydrogens (tertiary/aromatic N) is 4. The van der Waals surface area contributed by atoms with Gasteiger partial charge < -0.3 is 4.90 Å². The highest BCUT2D eigenvalue weighted by molar-refractivity contribution is 7.86. The van der Waals surface area contributed by atoms with E-state index >= 15 is 0 Å². The van der Waals surface area contributed by atoms with Crippen molar-refractivity contribution in [2.45, 2.75) is 56.9 Å². The third kappa shape index (κ3) is 4.42. The third-order valence-corrected chi connectivity index (χ3v) is 7.09. The molecule has 2 fully saturated rings. The summed E-state index contributed by atoms with van der Waals surface area (Å²) in [5, 5.41) is 9.02. The number of hydrogen-bond acceptors (Lipinski definition) is 6. The van der Waals surface area contributed by atoms with Crippen molar-refractivity contribution in [3.05, 3.63) is 29.3 Å². The van der Waals surface area contributed by atoms with Gasteiger partial charge in [-0.15, -0.1) is 0 Å². The number of benzene rings is 1. The molecule has 9 nitrogen and oxygen atoms in total. The molecule has 3 rings (SSSR count). The fourth-order valence-corrected chi connectivity index (χ4v) is 5.74. The van der Waals surface area contributed by atoms with Crippen LogP contribution in [0.25, 0.3) is 0 Å². The molecule has 1 N–H and O–H groups in total. The molecule has 0 bridgehead atoms. The number of hydrogen-bond donors (Lipinski definition) is 1. The van der Waals surface area contributed by atoms with Crippen molar-refractivity contribution in [1.82, 2.24) is 9.80 Å². The minimum Gasteiger partial charge on any atom is -0.343 e. The van der Waals surface area contributed by atoms with Gasteiger partial charge in [0.25, 0.3) is 0 Å². The van der Waals surface area contributed by atoms with Crippen LogP contribution in [0.5, 0.6) is 0 Å². The standard InChI is InChI=1S/C20H23F3N4O5S/c1-12(28)25-8-6-14(7-9-25)27-18(33(30,31)32)26(17(29)19(27,2)3)15-5-4-13(11-24)16(10-15)20(21,22)23/h4-5,10,14,18H,6-9H2,1-3H3,(H,30,31,32). The Labute approximate surface area is 189 Å². The Kier molecular flexibility index (Phi) is 6.25. The first-order chi connectivity index (χ1) is 15.1. The molecular formula is C20H23F3N4O5S. The minimum absolute atomic E-state index is 0.157. The van der Waals surface area contributed by atoms with Gasteiger partial charge >= 0.3 is 16.3 Å². The Balaban J connectivity index is 2.11. The highest BCUT2D eigenvalue weighted by atomic mass is 32.2. The number of piperidine rings is 1. The van der Waals surface area contributed by atoms with Gasteiger partial charge in [0.1, 0.15) is 0 Å². The average Bonchev–Trinajstić information content (AvgIpc) is 2.93. The zero-order chi connectivity index (χ0) is 24.9. The summed E-state index contributed by atoms with van der Waals surface area (Å²) in [4.78, 5) is 28.4. The van der Waals surface area contributed by atoms with E-state index in [-0.39, 0.29) is 5.91 Å². The molecule has 1 aromatic carbocycles. The molecule has 0 aromatic heterocycles. The lowest BCUT2D eigenvalue weighted by Crippen LogP contribution is -2.57. The first-order valence-electron chi connectivity index (χ1n) is 10.1. The summed E-state index contributed by atoms with van der Waals surface area (Å²) >= 11 is 0. The van der Waals surface area contributed by atoms with Crippen LogP contribution in [0.2, 0.25) is 0 Å². The molecule has 0 spiro atoms. The van der Waals surface area contributed by atoms with Crippen LogP contribution in [0.15, 0.2) is 18.2 Å². The maximum atomic E-state index is 13.5. The van der Waals surface area contributed by atoms with E-state index in [0.717, 1.165) is 12.1 Å². The topological polar surface area (TPSA) is 122 Å². The van der Waals surface area contributed by atoms with Gasteiger partial charge in [-0.1, -0.05) is 0 Å². The lowest BCUT2D eigenvalue weighted by molar-refractivity contribution is -0.137. The predicted molar refractivity (Wildman–Crippen MR) is 110 cm³/mol. The van der Waals surface area contributed by atoms with Crippen molar-refractivity contribution >= 4 is 27.6 Å². The summed E-state index contributed by atoms with van der Waals surface area (Å²) in [5.41, 5.74) is -5.88. The zero-order valence-electron chi connectivity index (χ0n) is 18.1. The fourth-order valence-electron chi connectivity index (χ4n) is 4.54. The van der Waals surface area contributed by atoms with Gasteiger partial charge in [-0.2, -0.15) is 26.9 Å².